The largest absolute Gasteiger partial charge is 0.495 e. The first-order valence-corrected chi connectivity index (χ1v) is 11.6. The lowest BCUT2D eigenvalue weighted by molar-refractivity contribution is -0.117. The molecule has 2 amide bonds. The summed E-state index contributed by atoms with van der Waals surface area (Å²) in [7, 11) is -2.71. The average molecular weight is 468 g/mol. The zero-order valence-corrected chi connectivity index (χ0v) is 19.1. The van der Waals surface area contributed by atoms with Crippen molar-refractivity contribution < 1.29 is 22.7 Å². The standard InChI is InChI=1S/C24H25N3O5S/c1-16-8-13-21(32-2)22(14-16)33(30,31)27-20(15-17-6-4-3-5-7-17)24(29)26-19-11-9-18(10-12-19)23(25)28/h3-14,20,27H,15H2,1-2H3,(H2,25,28)(H,26,29)/t20-/m1/s1. The zero-order chi connectivity index (χ0) is 24.0. The second kappa shape index (κ2) is 10.3. The quantitative estimate of drug-likeness (QED) is 0.446. The predicted molar refractivity (Wildman–Crippen MR) is 126 cm³/mol. The zero-order valence-electron chi connectivity index (χ0n) is 18.2. The first kappa shape index (κ1) is 24.0. The van der Waals surface area contributed by atoms with Gasteiger partial charge in [0.2, 0.25) is 21.8 Å². The molecule has 0 aliphatic heterocycles. The summed E-state index contributed by atoms with van der Waals surface area (Å²) in [6.45, 7) is 1.77. The Morgan fingerprint density at radius 3 is 2.27 bits per heavy atom. The summed E-state index contributed by atoms with van der Waals surface area (Å²) in [6.07, 6.45) is 0.124. The summed E-state index contributed by atoms with van der Waals surface area (Å²) in [5, 5.41) is 2.69. The van der Waals surface area contributed by atoms with E-state index in [2.05, 4.69) is 10.0 Å². The maximum absolute atomic E-state index is 13.2. The molecular weight excluding hydrogens is 442 g/mol. The van der Waals surface area contributed by atoms with E-state index in [1.807, 2.05) is 30.3 Å². The Balaban J connectivity index is 1.90. The number of carbonyl (C=O) groups is 2. The van der Waals surface area contributed by atoms with Crippen molar-refractivity contribution in [1.29, 1.82) is 0 Å². The monoisotopic (exact) mass is 467 g/mol. The molecule has 0 aliphatic rings. The van der Waals surface area contributed by atoms with Gasteiger partial charge < -0.3 is 15.8 Å². The second-order valence-electron chi connectivity index (χ2n) is 7.45. The van der Waals surface area contributed by atoms with Crippen LogP contribution in [0.15, 0.2) is 77.7 Å². The summed E-state index contributed by atoms with van der Waals surface area (Å²) in [5.74, 6) is -0.968. The first-order chi connectivity index (χ1) is 15.7. The fourth-order valence-corrected chi connectivity index (χ4v) is 4.68. The van der Waals surface area contributed by atoms with Crippen molar-refractivity contribution in [2.75, 3.05) is 12.4 Å². The lowest BCUT2D eigenvalue weighted by Crippen LogP contribution is -2.45. The molecule has 0 fully saturated rings. The Morgan fingerprint density at radius 1 is 1.00 bits per heavy atom. The van der Waals surface area contributed by atoms with E-state index < -0.39 is 27.9 Å². The number of benzene rings is 3. The number of hydrogen-bond donors (Lipinski definition) is 3. The molecular formula is C24H25N3O5S. The molecule has 172 valence electrons. The molecule has 0 radical (unpaired) electrons. The number of nitrogens with one attached hydrogen (secondary N) is 2. The number of sulfonamides is 1. The van der Waals surface area contributed by atoms with Gasteiger partial charge in [0.1, 0.15) is 16.7 Å². The van der Waals surface area contributed by atoms with E-state index in [9.17, 15) is 18.0 Å². The number of hydrogen-bond acceptors (Lipinski definition) is 5. The van der Waals surface area contributed by atoms with Crippen LogP contribution in [0.2, 0.25) is 0 Å². The Bertz CT molecular complexity index is 1240. The fourth-order valence-electron chi connectivity index (χ4n) is 3.23. The molecule has 0 aromatic heterocycles. The molecule has 0 bridgehead atoms. The third-order valence-corrected chi connectivity index (χ3v) is 6.44. The molecule has 9 heteroatoms. The topological polar surface area (TPSA) is 128 Å². The Morgan fingerprint density at radius 2 is 1.67 bits per heavy atom. The molecule has 0 saturated carbocycles. The predicted octanol–water partition coefficient (Wildman–Crippen LogP) is 2.63. The van der Waals surface area contributed by atoms with Crippen molar-refractivity contribution in [3.05, 3.63) is 89.5 Å². The highest BCUT2D eigenvalue weighted by Crippen LogP contribution is 2.25. The van der Waals surface area contributed by atoms with E-state index in [1.165, 1.54) is 37.4 Å². The van der Waals surface area contributed by atoms with Crippen LogP contribution >= 0.6 is 0 Å². The number of primary amides is 1. The van der Waals surface area contributed by atoms with Crippen molar-refractivity contribution in [3.8, 4) is 5.75 Å². The molecule has 3 aromatic rings. The van der Waals surface area contributed by atoms with Gasteiger partial charge in [-0.25, -0.2) is 8.42 Å². The summed E-state index contributed by atoms with van der Waals surface area (Å²) in [5.41, 5.74) is 7.45. The van der Waals surface area contributed by atoms with E-state index in [0.29, 0.717) is 11.3 Å². The lowest BCUT2D eigenvalue weighted by Gasteiger charge is -2.20. The van der Waals surface area contributed by atoms with Crippen molar-refractivity contribution in [2.24, 2.45) is 5.73 Å². The van der Waals surface area contributed by atoms with Crippen molar-refractivity contribution in [2.45, 2.75) is 24.3 Å². The van der Waals surface area contributed by atoms with Crippen LogP contribution in [0.25, 0.3) is 0 Å². The van der Waals surface area contributed by atoms with Gasteiger partial charge in [0.15, 0.2) is 0 Å². The maximum atomic E-state index is 13.2. The van der Waals surface area contributed by atoms with Gasteiger partial charge in [-0.3, -0.25) is 9.59 Å². The van der Waals surface area contributed by atoms with Crippen LogP contribution in [0.5, 0.6) is 5.75 Å². The highest BCUT2D eigenvalue weighted by molar-refractivity contribution is 7.89. The Kier molecular flexibility index (Phi) is 7.47. The van der Waals surface area contributed by atoms with Crippen LogP contribution in [-0.4, -0.2) is 33.4 Å². The minimum atomic E-state index is -4.10. The molecule has 3 aromatic carbocycles. The van der Waals surface area contributed by atoms with Crippen molar-refractivity contribution in [1.82, 2.24) is 4.72 Å². The van der Waals surface area contributed by atoms with E-state index in [4.69, 9.17) is 10.5 Å². The van der Waals surface area contributed by atoms with Gasteiger partial charge >= 0.3 is 0 Å². The Labute approximate surface area is 192 Å². The number of amides is 2. The third kappa shape index (κ3) is 6.18. The number of carbonyl (C=O) groups excluding carboxylic acids is 2. The summed E-state index contributed by atoms with van der Waals surface area (Å²) < 4.78 is 34.2. The van der Waals surface area contributed by atoms with E-state index >= 15 is 0 Å². The molecule has 3 rings (SSSR count). The molecule has 1 atom stereocenters. The Hall–Kier alpha value is -3.69. The highest BCUT2D eigenvalue weighted by atomic mass is 32.2. The maximum Gasteiger partial charge on any atom is 0.248 e. The van der Waals surface area contributed by atoms with Crippen LogP contribution in [0.3, 0.4) is 0 Å². The highest BCUT2D eigenvalue weighted by Gasteiger charge is 2.28. The number of ether oxygens (including phenoxy) is 1. The van der Waals surface area contributed by atoms with Gasteiger partial charge in [0.05, 0.1) is 7.11 Å². The van der Waals surface area contributed by atoms with Gasteiger partial charge in [-0.1, -0.05) is 36.4 Å². The van der Waals surface area contributed by atoms with E-state index in [0.717, 1.165) is 11.1 Å². The molecule has 0 unspecified atom stereocenters. The van der Waals surface area contributed by atoms with Crippen molar-refractivity contribution in [3.63, 3.8) is 0 Å². The molecule has 0 saturated heterocycles. The van der Waals surface area contributed by atoms with E-state index in [-0.39, 0.29) is 17.1 Å². The molecule has 33 heavy (non-hydrogen) atoms. The normalized spacial score (nSPS) is 12.1. The average Bonchev–Trinajstić information content (AvgIpc) is 2.79. The SMILES string of the molecule is COc1ccc(C)cc1S(=O)(=O)N[C@H](Cc1ccccc1)C(=O)Nc1ccc(C(N)=O)cc1. The van der Waals surface area contributed by atoms with Crippen LogP contribution < -0.4 is 20.5 Å². The third-order valence-electron chi connectivity index (χ3n) is 4.94. The minimum absolute atomic E-state index is 0.0540. The van der Waals surface area contributed by atoms with Gasteiger partial charge in [-0.15, -0.1) is 0 Å². The molecule has 0 aliphatic carbocycles. The first-order valence-electron chi connectivity index (χ1n) is 10.1. The summed E-state index contributed by atoms with van der Waals surface area (Å²) in [4.78, 5) is 24.3. The molecule has 0 spiro atoms. The number of nitrogens with two attached hydrogens (primary N) is 1. The summed E-state index contributed by atoms with van der Waals surface area (Å²) in [6, 6.07) is 18.8. The number of rotatable bonds is 9. The van der Waals surface area contributed by atoms with E-state index in [1.54, 1.807) is 19.1 Å². The van der Waals surface area contributed by atoms with Crippen LogP contribution in [0.4, 0.5) is 5.69 Å². The van der Waals surface area contributed by atoms with Crippen LogP contribution in [0.1, 0.15) is 21.5 Å². The van der Waals surface area contributed by atoms with Gasteiger partial charge in [-0.05, 0) is 60.9 Å². The number of aryl methyl sites for hydroxylation is 1. The van der Waals surface area contributed by atoms with Crippen LogP contribution in [0, 0.1) is 6.92 Å². The smallest absolute Gasteiger partial charge is 0.248 e. The fraction of sp³-hybridized carbons (Fsp3) is 0.167. The molecule has 4 N–H and O–H groups in total. The summed E-state index contributed by atoms with van der Waals surface area (Å²) >= 11 is 0. The van der Waals surface area contributed by atoms with Crippen LogP contribution in [-0.2, 0) is 21.2 Å². The number of methoxy groups -OCH3 is 1. The van der Waals surface area contributed by atoms with Gasteiger partial charge in [-0.2, -0.15) is 4.72 Å². The van der Waals surface area contributed by atoms with Crippen molar-refractivity contribution >= 4 is 27.5 Å². The molecule has 8 nitrogen and oxygen atoms in total. The minimum Gasteiger partial charge on any atom is -0.495 e. The van der Waals surface area contributed by atoms with Gasteiger partial charge in [0, 0.05) is 11.3 Å². The molecule has 0 heterocycles. The lowest BCUT2D eigenvalue weighted by atomic mass is 10.1. The second-order valence-corrected chi connectivity index (χ2v) is 9.13. The number of anilines is 1. The van der Waals surface area contributed by atoms with Gasteiger partial charge in [0.25, 0.3) is 0 Å².